The van der Waals surface area contributed by atoms with Crippen molar-refractivity contribution in [2.75, 3.05) is 40.9 Å². The van der Waals surface area contributed by atoms with Gasteiger partial charge in [-0.05, 0) is 38.5 Å². The first-order valence-corrected chi connectivity index (χ1v) is 19.2. The van der Waals surface area contributed by atoms with Crippen molar-refractivity contribution in [3.63, 3.8) is 0 Å². The first-order valence-electron chi connectivity index (χ1n) is 17.7. The summed E-state index contributed by atoms with van der Waals surface area (Å²) < 4.78 is 23.0. The summed E-state index contributed by atoms with van der Waals surface area (Å²) in [6.07, 6.45) is 29.4. The molecule has 0 aliphatic carbocycles. The maximum absolute atomic E-state index is 12.7. The van der Waals surface area contributed by atoms with Crippen molar-refractivity contribution in [3.05, 3.63) is 24.3 Å². The first kappa shape index (κ1) is 43.0. The Kier molecular flexibility index (Phi) is 27.6. The number of phosphoric ester groups is 1. The first-order chi connectivity index (χ1) is 21.0. The summed E-state index contributed by atoms with van der Waals surface area (Å²) in [5.74, 6) is -0.237. The summed E-state index contributed by atoms with van der Waals surface area (Å²) in [5.41, 5.74) is 0. The van der Waals surface area contributed by atoms with E-state index in [0.717, 1.165) is 32.1 Å². The maximum atomic E-state index is 12.7. The molecule has 260 valence electrons. The molecule has 0 aliphatic rings. The Labute approximate surface area is 271 Å². The minimum absolute atomic E-state index is 0.00512. The molecule has 0 aromatic heterocycles. The van der Waals surface area contributed by atoms with Crippen LogP contribution in [-0.4, -0.2) is 68.5 Å². The van der Waals surface area contributed by atoms with Crippen molar-refractivity contribution in [2.45, 2.75) is 154 Å². The number of hydrogen-bond donors (Lipinski definition) is 2. The number of hydrogen-bond acceptors (Lipinski definition) is 6. The molecule has 44 heavy (non-hydrogen) atoms. The highest BCUT2D eigenvalue weighted by Gasteiger charge is 2.23. The minimum Gasteiger partial charge on any atom is -0.756 e. The summed E-state index contributed by atoms with van der Waals surface area (Å²) in [7, 11) is 1.24. The van der Waals surface area contributed by atoms with Gasteiger partial charge in [0.15, 0.2) is 0 Å². The molecular formula is C35H69N2O6P. The van der Waals surface area contributed by atoms with Gasteiger partial charge in [0.05, 0.1) is 39.9 Å². The van der Waals surface area contributed by atoms with E-state index >= 15 is 0 Å². The number of carbonyl (C=O) groups is 1. The van der Waals surface area contributed by atoms with Crippen LogP contribution in [0.25, 0.3) is 0 Å². The number of phosphoric acid groups is 1. The maximum Gasteiger partial charge on any atom is 0.268 e. The van der Waals surface area contributed by atoms with Crippen LogP contribution >= 0.6 is 7.82 Å². The Hall–Kier alpha value is -1.02. The fourth-order valence-corrected chi connectivity index (χ4v) is 5.46. The Bertz CT molecular complexity index is 784. The number of amides is 1. The van der Waals surface area contributed by atoms with Crippen LogP contribution in [-0.2, 0) is 18.4 Å². The predicted molar refractivity (Wildman–Crippen MR) is 182 cm³/mol. The van der Waals surface area contributed by atoms with E-state index in [-0.39, 0.29) is 12.5 Å². The highest BCUT2D eigenvalue weighted by Crippen LogP contribution is 2.38. The molecule has 0 rings (SSSR count). The van der Waals surface area contributed by atoms with Crippen LogP contribution < -0.4 is 10.2 Å². The van der Waals surface area contributed by atoms with E-state index in [1.54, 1.807) is 6.08 Å². The zero-order valence-electron chi connectivity index (χ0n) is 29.1. The zero-order valence-corrected chi connectivity index (χ0v) is 30.0. The van der Waals surface area contributed by atoms with Crippen LogP contribution in [0.4, 0.5) is 0 Å². The second-order valence-corrected chi connectivity index (χ2v) is 14.6. The number of nitrogens with one attached hydrogen (secondary N) is 1. The number of rotatable bonds is 31. The Morgan fingerprint density at radius 3 is 1.80 bits per heavy atom. The van der Waals surface area contributed by atoms with Crippen molar-refractivity contribution in [1.29, 1.82) is 0 Å². The molecule has 9 heteroatoms. The Balaban J connectivity index is 4.63. The summed E-state index contributed by atoms with van der Waals surface area (Å²) in [6.45, 7) is 4.55. The van der Waals surface area contributed by atoms with Crippen LogP contribution in [0.15, 0.2) is 24.3 Å². The van der Waals surface area contributed by atoms with Gasteiger partial charge in [0.1, 0.15) is 13.2 Å². The highest BCUT2D eigenvalue weighted by molar-refractivity contribution is 7.45. The van der Waals surface area contributed by atoms with E-state index < -0.39 is 26.6 Å². The lowest BCUT2D eigenvalue weighted by Gasteiger charge is -2.29. The van der Waals surface area contributed by atoms with Crippen LogP contribution in [0.3, 0.4) is 0 Å². The van der Waals surface area contributed by atoms with Crippen molar-refractivity contribution < 1.29 is 32.9 Å². The van der Waals surface area contributed by atoms with E-state index in [0.29, 0.717) is 23.9 Å². The van der Waals surface area contributed by atoms with Gasteiger partial charge in [-0.3, -0.25) is 9.36 Å². The van der Waals surface area contributed by atoms with Crippen molar-refractivity contribution in [3.8, 4) is 0 Å². The fourth-order valence-electron chi connectivity index (χ4n) is 4.74. The fraction of sp³-hybridized carbons (Fsp3) is 0.857. The molecule has 0 aromatic carbocycles. The number of likely N-dealkylation sites (N-methyl/N-ethyl adjacent to an activating group) is 1. The smallest absolute Gasteiger partial charge is 0.268 e. The Morgan fingerprint density at radius 2 is 1.25 bits per heavy atom. The second-order valence-electron chi connectivity index (χ2n) is 13.2. The molecular weight excluding hydrogens is 575 g/mol. The third kappa shape index (κ3) is 29.7. The van der Waals surface area contributed by atoms with Gasteiger partial charge in [0.25, 0.3) is 7.82 Å². The lowest BCUT2D eigenvalue weighted by Crippen LogP contribution is -2.45. The summed E-state index contributed by atoms with van der Waals surface area (Å²) >= 11 is 0. The number of allylic oxidation sites excluding steroid dienone is 3. The third-order valence-electron chi connectivity index (χ3n) is 7.66. The topological polar surface area (TPSA) is 108 Å². The molecule has 0 heterocycles. The van der Waals surface area contributed by atoms with Gasteiger partial charge in [-0.25, -0.2) is 0 Å². The van der Waals surface area contributed by atoms with Gasteiger partial charge in [-0.1, -0.05) is 122 Å². The highest BCUT2D eigenvalue weighted by atomic mass is 31.2. The summed E-state index contributed by atoms with van der Waals surface area (Å²) in [6, 6.07) is -0.894. The van der Waals surface area contributed by atoms with Crippen LogP contribution in [0.1, 0.15) is 142 Å². The number of aliphatic hydroxyl groups is 1. The van der Waals surface area contributed by atoms with E-state index in [9.17, 15) is 19.4 Å². The molecule has 3 atom stereocenters. The van der Waals surface area contributed by atoms with Crippen LogP contribution in [0.2, 0.25) is 0 Å². The van der Waals surface area contributed by atoms with Gasteiger partial charge >= 0.3 is 0 Å². The molecule has 0 saturated carbocycles. The molecule has 0 aliphatic heterocycles. The predicted octanol–water partition coefficient (Wildman–Crippen LogP) is 7.99. The average molecular weight is 645 g/mol. The minimum atomic E-state index is -4.58. The van der Waals surface area contributed by atoms with E-state index in [4.69, 9.17) is 9.05 Å². The molecule has 2 N–H and O–H groups in total. The molecule has 0 radical (unpaired) electrons. The van der Waals surface area contributed by atoms with Gasteiger partial charge < -0.3 is 28.8 Å². The molecule has 8 nitrogen and oxygen atoms in total. The quantitative estimate of drug-likeness (QED) is 0.0343. The number of aliphatic hydroxyl groups excluding tert-OH is 1. The van der Waals surface area contributed by atoms with Gasteiger partial charge in [-0.15, -0.1) is 0 Å². The lowest BCUT2D eigenvalue weighted by molar-refractivity contribution is -0.870. The van der Waals surface area contributed by atoms with Crippen LogP contribution in [0, 0.1) is 0 Å². The van der Waals surface area contributed by atoms with Crippen molar-refractivity contribution in [1.82, 2.24) is 5.32 Å². The normalized spacial score (nSPS) is 15.2. The summed E-state index contributed by atoms with van der Waals surface area (Å²) in [4.78, 5) is 25.0. The SMILES string of the molecule is CCCCCC/C=C\CCCC(=O)NC(COP(=O)([O-])OCC[N+](C)(C)C)C(O)/C=C/CCCCCCCCCCCCC. The number of carbonyl (C=O) groups excluding carboxylic acids is 1. The lowest BCUT2D eigenvalue weighted by atomic mass is 10.0. The van der Waals surface area contributed by atoms with Crippen molar-refractivity contribution >= 4 is 13.7 Å². The standard InChI is InChI=1S/C35H69N2O6P/c1-6-8-10-12-14-16-17-18-19-21-22-24-26-28-34(38)33(32-43-44(40,41)42-31-30-37(3,4)5)36-35(39)29-27-25-23-20-15-13-11-9-7-2/h20,23,26,28,33-34,38H,6-19,21-22,24-25,27,29-32H2,1-5H3,(H-,36,39,40,41)/b23-20-,28-26+. The number of quaternary nitrogens is 1. The van der Waals surface area contributed by atoms with Gasteiger partial charge in [0.2, 0.25) is 5.91 Å². The van der Waals surface area contributed by atoms with E-state index in [1.165, 1.54) is 83.5 Å². The molecule has 1 amide bonds. The molecule has 0 spiro atoms. The number of nitrogens with zero attached hydrogens (tertiary/aromatic N) is 1. The van der Waals surface area contributed by atoms with Crippen molar-refractivity contribution in [2.24, 2.45) is 0 Å². The summed E-state index contributed by atoms with van der Waals surface area (Å²) in [5, 5.41) is 13.6. The van der Waals surface area contributed by atoms with Gasteiger partial charge in [0, 0.05) is 6.42 Å². The molecule has 3 unspecified atom stereocenters. The Morgan fingerprint density at radius 1 is 0.773 bits per heavy atom. The molecule has 0 aromatic rings. The van der Waals surface area contributed by atoms with E-state index in [1.807, 2.05) is 27.2 Å². The monoisotopic (exact) mass is 644 g/mol. The molecule has 0 fully saturated rings. The largest absolute Gasteiger partial charge is 0.756 e. The van der Waals surface area contributed by atoms with Gasteiger partial charge in [-0.2, -0.15) is 0 Å². The second kappa shape index (κ2) is 28.2. The molecule has 0 bridgehead atoms. The van der Waals surface area contributed by atoms with Crippen LogP contribution in [0.5, 0.6) is 0 Å². The zero-order chi connectivity index (χ0) is 32.9. The third-order valence-corrected chi connectivity index (χ3v) is 8.62. The molecule has 0 saturated heterocycles. The number of unbranched alkanes of at least 4 members (excludes halogenated alkanes) is 16. The average Bonchev–Trinajstić information content (AvgIpc) is 2.95. The van der Waals surface area contributed by atoms with E-state index in [2.05, 4.69) is 31.3 Å².